The van der Waals surface area contributed by atoms with E-state index < -0.39 is 0 Å². The number of hydrogen-bond acceptors (Lipinski definition) is 3. The van der Waals surface area contributed by atoms with E-state index in [1.807, 2.05) is 0 Å². The molecule has 1 fully saturated rings. The molecule has 2 N–H and O–H groups in total. The van der Waals surface area contributed by atoms with E-state index in [1.165, 1.54) is 11.1 Å². The Balaban J connectivity index is 1.35. The van der Waals surface area contributed by atoms with Gasteiger partial charge in [-0.05, 0) is 30.9 Å². The first kappa shape index (κ1) is 16.3. The fraction of sp³-hybridized carbons (Fsp3) is 0.500. The van der Waals surface area contributed by atoms with Crippen LogP contribution in [0, 0.1) is 6.92 Å². The van der Waals surface area contributed by atoms with Crippen LogP contribution in [0.15, 0.2) is 24.3 Å². The van der Waals surface area contributed by atoms with Crippen LogP contribution < -0.4 is 5.32 Å². The summed E-state index contributed by atoms with van der Waals surface area (Å²) < 4.78 is 0. The predicted octanol–water partition coefficient (Wildman–Crippen LogP) is 2.14. The lowest BCUT2D eigenvalue weighted by molar-refractivity contribution is -0.129. The monoisotopic (exact) mass is 338 g/mol. The third-order valence-electron chi connectivity index (χ3n) is 5.56. The second-order valence-electron chi connectivity index (χ2n) is 7.27. The van der Waals surface area contributed by atoms with Crippen LogP contribution in [-0.4, -0.2) is 39.4 Å². The Bertz CT molecular complexity index is 757. The molecule has 25 heavy (non-hydrogen) atoms. The number of aryl methyl sites for hydroxylation is 2. The minimum atomic E-state index is 0.220. The summed E-state index contributed by atoms with van der Waals surface area (Å²) in [6.45, 7) is 5.69. The van der Waals surface area contributed by atoms with Crippen LogP contribution in [-0.2, 0) is 30.6 Å². The fourth-order valence-electron chi connectivity index (χ4n) is 4.12. The molecule has 1 unspecified atom stereocenters. The van der Waals surface area contributed by atoms with Crippen molar-refractivity contribution in [1.82, 2.24) is 20.2 Å². The lowest BCUT2D eigenvalue weighted by Gasteiger charge is -2.24. The smallest absolute Gasteiger partial charge is 0.224 e. The molecule has 2 aromatic rings. The number of likely N-dealkylation sites (tertiary alicyclic amines) is 1. The van der Waals surface area contributed by atoms with Crippen molar-refractivity contribution in [3.8, 4) is 0 Å². The van der Waals surface area contributed by atoms with Crippen molar-refractivity contribution in [2.45, 2.75) is 58.2 Å². The maximum atomic E-state index is 12.5. The Labute approximate surface area is 148 Å². The number of imidazole rings is 1. The third-order valence-corrected chi connectivity index (χ3v) is 5.56. The van der Waals surface area contributed by atoms with Gasteiger partial charge < -0.3 is 15.2 Å². The first-order valence-corrected chi connectivity index (χ1v) is 9.28. The van der Waals surface area contributed by atoms with E-state index in [1.54, 1.807) is 0 Å². The second-order valence-corrected chi connectivity index (χ2v) is 7.27. The Morgan fingerprint density at radius 2 is 1.96 bits per heavy atom. The minimum absolute atomic E-state index is 0.220. The van der Waals surface area contributed by atoms with Crippen LogP contribution in [0.2, 0.25) is 0 Å². The summed E-state index contributed by atoms with van der Waals surface area (Å²) in [4.78, 5) is 22.5. The Morgan fingerprint density at radius 1 is 1.24 bits per heavy atom. The second kappa shape index (κ2) is 6.64. The topological polar surface area (TPSA) is 61.0 Å². The molecule has 1 aromatic heterocycles. The number of amides is 1. The molecule has 0 spiro atoms. The van der Waals surface area contributed by atoms with Crippen LogP contribution in [0.4, 0.5) is 0 Å². The highest BCUT2D eigenvalue weighted by molar-refractivity contribution is 5.79. The van der Waals surface area contributed by atoms with Gasteiger partial charge in [0.25, 0.3) is 0 Å². The van der Waals surface area contributed by atoms with Gasteiger partial charge in [-0.25, -0.2) is 4.98 Å². The average molecular weight is 338 g/mol. The quantitative estimate of drug-likeness (QED) is 0.878. The highest BCUT2D eigenvalue weighted by Gasteiger charge is 2.36. The van der Waals surface area contributed by atoms with E-state index in [-0.39, 0.29) is 11.9 Å². The van der Waals surface area contributed by atoms with E-state index in [4.69, 9.17) is 0 Å². The molecule has 5 heteroatoms. The molecule has 2 aliphatic rings. The first-order chi connectivity index (χ1) is 12.1. The van der Waals surface area contributed by atoms with E-state index >= 15 is 0 Å². The Kier molecular flexibility index (Phi) is 4.34. The molecule has 1 aliphatic heterocycles. The molecular formula is C20H26N4O. The number of H-pyrrole nitrogens is 1. The van der Waals surface area contributed by atoms with Crippen molar-refractivity contribution in [1.29, 1.82) is 0 Å². The summed E-state index contributed by atoms with van der Waals surface area (Å²) in [6, 6.07) is 9.12. The number of aromatic nitrogens is 2. The van der Waals surface area contributed by atoms with E-state index in [0.29, 0.717) is 12.5 Å². The highest BCUT2D eigenvalue weighted by Crippen LogP contribution is 2.28. The molecule has 0 radical (unpaired) electrons. The van der Waals surface area contributed by atoms with E-state index in [2.05, 4.69) is 58.3 Å². The number of benzene rings is 1. The van der Waals surface area contributed by atoms with Gasteiger partial charge in [0.05, 0.1) is 5.69 Å². The highest BCUT2D eigenvalue weighted by atomic mass is 16.2. The molecule has 4 rings (SSSR count). The van der Waals surface area contributed by atoms with Gasteiger partial charge in [0.1, 0.15) is 5.82 Å². The lowest BCUT2D eigenvalue weighted by Crippen LogP contribution is -2.39. The van der Waals surface area contributed by atoms with Crippen LogP contribution >= 0.6 is 0 Å². The molecular weight excluding hydrogens is 312 g/mol. The third kappa shape index (κ3) is 3.21. The molecule has 0 saturated carbocycles. The summed E-state index contributed by atoms with van der Waals surface area (Å²) >= 11 is 0. The maximum absolute atomic E-state index is 12.5. The van der Waals surface area contributed by atoms with Crippen LogP contribution in [0.3, 0.4) is 0 Å². The summed E-state index contributed by atoms with van der Waals surface area (Å²) in [6.07, 6.45) is 3.50. The van der Waals surface area contributed by atoms with Crippen molar-refractivity contribution in [3.63, 3.8) is 0 Å². The zero-order valence-electron chi connectivity index (χ0n) is 15.0. The molecule has 2 heterocycles. The number of nitrogens with one attached hydrogen (secondary N) is 2. The number of hydrogen-bond donors (Lipinski definition) is 2. The molecule has 1 atom stereocenters. The lowest BCUT2D eigenvalue weighted by atomic mass is 10.1. The molecule has 1 amide bonds. The first-order valence-electron chi connectivity index (χ1n) is 9.28. The Hall–Kier alpha value is -2.14. The largest absolute Gasteiger partial charge is 0.346 e. The zero-order chi connectivity index (χ0) is 17.4. The maximum Gasteiger partial charge on any atom is 0.224 e. The molecule has 0 bridgehead atoms. The SMILES string of the molecule is CCc1nc(CNC2CC(=O)N(C3Cc4ccccc4C3)C2)c(C)[nH]1. The summed E-state index contributed by atoms with van der Waals surface area (Å²) in [5.74, 6) is 1.31. The Morgan fingerprint density at radius 3 is 2.60 bits per heavy atom. The van der Waals surface area contributed by atoms with Gasteiger partial charge in [-0.3, -0.25) is 4.79 Å². The molecule has 1 saturated heterocycles. The van der Waals surface area contributed by atoms with E-state index in [0.717, 1.165) is 49.6 Å². The number of carbonyl (C=O) groups is 1. The standard InChI is InChI=1S/C20H26N4O/c1-3-19-22-13(2)18(23-19)11-21-16-10-20(25)24(12-16)17-8-14-6-4-5-7-15(14)9-17/h4-7,16-17,21H,3,8-12H2,1-2H3,(H,22,23). The van der Waals surface area contributed by atoms with Gasteiger partial charge in [-0.2, -0.15) is 0 Å². The predicted molar refractivity (Wildman–Crippen MR) is 97.3 cm³/mol. The van der Waals surface area contributed by atoms with Crippen molar-refractivity contribution in [2.24, 2.45) is 0 Å². The molecule has 1 aromatic carbocycles. The van der Waals surface area contributed by atoms with Crippen LogP contribution in [0.1, 0.15) is 41.7 Å². The van der Waals surface area contributed by atoms with Crippen molar-refractivity contribution in [3.05, 3.63) is 52.6 Å². The summed E-state index contributed by atoms with van der Waals surface area (Å²) in [5.41, 5.74) is 4.99. The molecule has 1 aliphatic carbocycles. The van der Waals surface area contributed by atoms with Crippen LogP contribution in [0.25, 0.3) is 0 Å². The van der Waals surface area contributed by atoms with Gasteiger partial charge in [-0.15, -0.1) is 0 Å². The van der Waals surface area contributed by atoms with Crippen molar-refractivity contribution >= 4 is 5.91 Å². The number of nitrogens with zero attached hydrogens (tertiary/aromatic N) is 2. The minimum Gasteiger partial charge on any atom is -0.346 e. The average Bonchev–Trinajstić information content (AvgIpc) is 3.29. The van der Waals surface area contributed by atoms with Crippen molar-refractivity contribution < 1.29 is 4.79 Å². The molecule has 132 valence electrons. The normalized spacial score (nSPS) is 20.5. The molecule has 5 nitrogen and oxygen atoms in total. The van der Waals surface area contributed by atoms with Crippen LogP contribution in [0.5, 0.6) is 0 Å². The van der Waals surface area contributed by atoms with Gasteiger partial charge in [-0.1, -0.05) is 31.2 Å². The van der Waals surface area contributed by atoms with Gasteiger partial charge in [0, 0.05) is 43.7 Å². The van der Waals surface area contributed by atoms with Crippen molar-refractivity contribution in [2.75, 3.05) is 6.54 Å². The van der Waals surface area contributed by atoms with Gasteiger partial charge in [0.15, 0.2) is 0 Å². The van der Waals surface area contributed by atoms with Gasteiger partial charge in [0.2, 0.25) is 5.91 Å². The number of fused-ring (bicyclic) bond motifs is 1. The number of carbonyl (C=O) groups excluding carboxylic acids is 1. The summed E-state index contributed by atoms with van der Waals surface area (Å²) in [5, 5.41) is 3.54. The zero-order valence-corrected chi connectivity index (χ0v) is 15.0. The van der Waals surface area contributed by atoms with Gasteiger partial charge >= 0.3 is 0 Å². The van der Waals surface area contributed by atoms with E-state index in [9.17, 15) is 4.79 Å². The number of rotatable bonds is 5. The summed E-state index contributed by atoms with van der Waals surface area (Å²) in [7, 11) is 0. The number of aromatic amines is 1. The fourth-order valence-corrected chi connectivity index (χ4v) is 4.12.